The second-order valence-electron chi connectivity index (χ2n) is 4.77. The van der Waals surface area contributed by atoms with Crippen molar-refractivity contribution in [3.63, 3.8) is 0 Å². The third kappa shape index (κ3) is 6.22. The number of hydrogen-bond donors (Lipinski definition) is 1. The molecular formula is C18H17O4PS. The zero-order chi connectivity index (χ0) is 17.4. The molecule has 0 radical (unpaired) electrons. The lowest BCUT2D eigenvalue weighted by atomic mass is 10.4. The van der Waals surface area contributed by atoms with Gasteiger partial charge in [0.25, 0.3) is 0 Å². The summed E-state index contributed by atoms with van der Waals surface area (Å²) in [6.07, 6.45) is 0. The van der Waals surface area contributed by atoms with Gasteiger partial charge in [-0.25, -0.2) is 8.42 Å². The Balaban J connectivity index is 0.000000462. The molecule has 0 spiro atoms. The molecule has 3 aromatic rings. The molecule has 0 aliphatic rings. The maximum Gasteiger partial charge on any atom is 1.00 e. The van der Waals surface area contributed by atoms with Gasteiger partial charge in [0.1, 0.15) is 0 Å². The van der Waals surface area contributed by atoms with Crippen LogP contribution in [0, 0.1) is 0 Å². The van der Waals surface area contributed by atoms with E-state index in [1.54, 1.807) is 0 Å². The van der Waals surface area contributed by atoms with Gasteiger partial charge in [-0.05, 0) is 23.8 Å². The van der Waals surface area contributed by atoms with Gasteiger partial charge in [-0.15, -0.1) is 0 Å². The van der Waals surface area contributed by atoms with E-state index in [0.29, 0.717) is 0 Å². The highest BCUT2D eigenvalue weighted by atomic mass is 32.3. The van der Waals surface area contributed by atoms with Crippen LogP contribution in [0.2, 0.25) is 0 Å². The Morgan fingerprint density at radius 3 is 1.08 bits per heavy atom. The molecule has 0 saturated heterocycles. The maximum absolute atomic E-state index is 8.63. The van der Waals surface area contributed by atoms with Crippen LogP contribution in [0.3, 0.4) is 0 Å². The van der Waals surface area contributed by atoms with Crippen molar-refractivity contribution < 1.29 is 18.9 Å². The zero-order valence-corrected chi connectivity index (χ0v) is 14.4. The molecule has 0 bridgehead atoms. The van der Waals surface area contributed by atoms with Crippen LogP contribution >= 0.6 is 7.92 Å². The Hall–Kier alpha value is -2.04. The topological polar surface area (TPSA) is 77.4 Å². The molecule has 0 saturated carbocycles. The van der Waals surface area contributed by atoms with Crippen LogP contribution in [0.15, 0.2) is 91.0 Å². The van der Waals surface area contributed by atoms with Gasteiger partial charge >= 0.3 is 1.43 Å². The summed E-state index contributed by atoms with van der Waals surface area (Å²) in [5.41, 5.74) is 0. The van der Waals surface area contributed by atoms with Crippen molar-refractivity contribution in [2.75, 3.05) is 0 Å². The highest BCUT2D eigenvalue weighted by molar-refractivity contribution is 7.80. The van der Waals surface area contributed by atoms with Crippen LogP contribution in [0.5, 0.6) is 0 Å². The molecule has 0 heterocycles. The van der Waals surface area contributed by atoms with Crippen molar-refractivity contribution in [2.24, 2.45) is 0 Å². The van der Waals surface area contributed by atoms with Crippen molar-refractivity contribution in [2.45, 2.75) is 0 Å². The largest absolute Gasteiger partial charge is 1.00 e. The third-order valence-corrected chi connectivity index (χ3v) is 5.49. The molecule has 0 unspecified atom stereocenters. The Morgan fingerprint density at radius 2 is 0.875 bits per heavy atom. The van der Waals surface area contributed by atoms with Crippen molar-refractivity contribution in [1.29, 1.82) is 0 Å². The van der Waals surface area contributed by atoms with E-state index in [1.165, 1.54) is 15.9 Å². The van der Waals surface area contributed by atoms with Gasteiger partial charge in [0.05, 0.1) is 0 Å². The van der Waals surface area contributed by atoms with Crippen LogP contribution < -0.4 is 15.9 Å². The van der Waals surface area contributed by atoms with Gasteiger partial charge in [-0.1, -0.05) is 91.0 Å². The van der Waals surface area contributed by atoms with Crippen LogP contribution in [-0.4, -0.2) is 17.5 Å². The maximum atomic E-state index is 8.63. The Labute approximate surface area is 144 Å². The second-order valence-corrected chi connectivity index (χ2v) is 7.85. The van der Waals surface area contributed by atoms with Crippen LogP contribution in [-0.2, 0) is 10.4 Å². The molecule has 3 aromatic carbocycles. The standard InChI is InChI=1S/C18H15P.H2O4S/c1-4-10-16(11-5-1)19(17-12-6-2-7-13-17)18-14-8-3-9-15-18;1-5(2,3)4/h1-15H;(H2,1,2,3,4). The van der Waals surface area contributed by atoms with Gasteiger partial charge < -0.3 is 4.55 Å². The van der Waals surface area contributed by atoms with E-state index in [1.807, 2.05) is 0 Å². The van der Waals surface area contributed by atoms with E-state index >= 15 is 0 Å². The van der Waals surface area contributed by atoms with Gasteiger partial charge in [0.2, 0.25) is 10.4 Å². The number of benzene rings is 3. The molecule has 0 fully saturated rings. The average Bonchev–Trinajstić information content (AvgIpc) is 2.57. The van der Waals surface area contributed by atoms with E-state index in [0.717, 1.165) is 0 Å². The first kappa shape index (κ1) is 18.3. The fourth-order valence-electron chi connectivity index (χ4n) is 2.18. The monoisotopic (exact) mass is 360 g/mol. The molecule has 0 aromatic heterocycles. The van der Waals surface area contributed by atoms with Crippen molar-refractivity contribution in [1.82, 2.24) is 0 Å². The minimum atomic E-state index is -4.92. The first-order chi connectivity index (χ1) is 11.4. The second kappa shape index (κ2) is 8.71. The minimum Gasteiger partial charge on any atom is -0.726 e. The third-order valence-electron chi connectivity index (χ3n) is 3.04. The lowest BCUT2D eigenvalue weighted by molar-refractivity contribution is 0.366. The van der Waals surface area contributed by atoms with Crippen molar-refractivity contribution in [3.8, 4) is 0 Å². The van der Waals surface area contributed by atoms with Gasteiger partial charge in [0, 0.05) is 0 Å². The number of hydrogen-bond acceptors (Lipinski definition) is 3. The van der Waals surface area contributed by atoms with E-state index in [-0.39, 0.29) is 1.43 Å². The summed E-state index contributed by atoms with van der Waals surface area (Å²) in [6.45, 7) is 0. The molecule has 0 aliphatic heterocycles. The highest BCUT2D eigenvalue weighted by Gasteiger charge is 2.14. The summed E-state index contributed by atoms with van der Waals surface area (Å²) in [7, 11) is -5.36. The lowest BCUT2D eigenvalue weighted by Crippen LogP contribution is -2.20. The minimum absolute atomic E-state index is 0. The molecular weight excluding hydrogens is 343 g/mol. The molecule has 24 heavy (non-hydrogen) atoms. The summed E-state index contributed by atoms with van der Waals surface area (Å²) in [5.74, 6) is 0. The van der Waals surface area contributed by atoms with Crippen LogP contribution in [0.1, 0.15) is 1.43 Å². The molecule has 0 aliphatic carbocycles. The summed E-state index contributed by atoms with van der Waals surface area (Å²) in [5, 5.41) is 4.19. The first-order valence-electron chi connectivity index (χ1n) is 7.09. The molecule has 0 amide bonds. The predicted octanol–water partition coefficient (Wildman–Crippen LogP) is 2.56. The summed E-state index contributed by atoms with van der Waals surface area (Å²) < 4.78 is 32.8. The van der Waals surface area contributed by atoms with Crippen molar-refractivity contribution in [3.05, 3.63) is 91.0 Å². The fourth-order valence-corrected chi connectivity index (χ4v) is 4.48. The predicted molar refractivity (Wildman–Crippen MR) is 98.6 cm³/mol. The SMILES string of the molecule is O=S(=O)([O-])O.[H+].c1ccc(P(c2ccccc2)c2ccccc2)cc1. The molecule has 4 nitrogen and oxygen atoms in total. The van der Waals surface area contributed by atoms with Crippen LogP contribution in [0.4, 0.5) is 0 Å². The smallest absolute Gasteiger partial charge is 0.726 e. The first-order valence-corrected chi connectivity index (χ1v) is 9.79. The molecule has 3 rings (SSSR count). The normalized spacial score (nSPS) is 10.8. The number of rotatable bonds is 3. The van der Waals surface area contributed by atoms with E-state index < -0.39 is 18.3 Å². The quantitative estimate of drug-likeness (QED) is 0.442. The van der Waals surface area contributed by atoms with Crippen LogP contribution in [0.25, 0.3) is 0 Å². The van der Waals surface area contributed by atoms with E-state index in [9.17, 15) is 0 Å². The lowest BCUT2D eigenvalue weighted by Gasteiger charge is -2.18. The summed E-state index contributed by atoms with van der Waals surface area (Å²) >= 11 is 0. The van der Waals surface area contributed by atoms with E-state index in [4.69, 9.17) is 17.5 Å². The highest BCUT2D eigenvalue weighted by Crippen LogP contribution is 2.32. The van der Waals surface area contributed by atoms with Gasteiger partial charge in [-0.3, -0.25) is 4.55 Å². The molecule has 124 valence electrons. The zero-order valence-electron chi connectivity index (χ0n) is 13.7. The Bertz CT molecular complexity index is 742. The average molecular weight is 360 g/mol. The van der Waals surface area contributed by atoms with Gasteiger partial charge in [0.15, 0.2) is 0 Å². The summed E-state index contributed by atoms with van der Waals surface area (Å²) in [4.78, 5) is 0. The Morgan fingerprint density at radius 1 is 0.667 bits per heavy atom. The molecule has 6 heteroatoms. The molecule has 1 N–H and O–H groups in total. The van der Waals surface area contributed by atoms with Crippen molar-refractivity contribution >= 4 is 34.2 Å². The molecule has 0 atom stereocenters. The Kier molecular flexibility index (Phi) is 6.64. The fraction of sp³-hybridized carbons (Fsp3) is 0. The van der Waals surface area contributed by atoms with Gasteiger partial charge in [-0.2, -0.15) is 0 Å². The van der Waals surface area contributed by atoms with E-state index in [2.05, 4.69) is 91.0 Å². The summed E-state index contributed by atoms with van der Waals surface area (Å²) in [6, 6.07) is 32.3.